The molecule has 3 nitrogen and oxygen atoms in total. The van der Waals surface area contributed by atoms with Crippen LogP contribution in [-0.2, 0) is 11.5 Å². The maximum Gasteiger partial charge on any atom is 0.175 e. The van der Waals surface area contributed by atoms with E-state index < -0.39 is 0 Å². The van der Waals surface area contributed by atoms with Crippen molar-refractivity contribution in [1.82, 2.24) is 9.55 Å². The lowest BCUT2D eigenvalue weighted by atomic mass is 10.4. The Labute approximate surface area is 119 Å². The van der Waals surface area contributed by atoms with Crippen LogP contribution in [0.2, 0.25) is 0 Å². The number of nitrogens with zero attached hydrogens (tertiary/aromatic N) is 2. The lowest BCUT2D eigenvalue weighted by molar-refractivity contribution is 0.0819. The van der Waals surface area contributed by atoms with Crippen molar-refractivity contribution in [2.45, 2.75) is 23.7 Å². The zero-order valence-electron chi connectivity index (χ0n) is 9.47. The molecular formula is C12H13IN2OS. The van der Waals surface area contributed by atoms with Gasteiger partial charge in [0.2, 0.25) is 0 Å². The minimum absolute atomic E-state index is 0.557. The fraction of sp³-hybridized carbons (Fsp3) is 0.250. The van der Waals surface area contributed by atoms with Crippen molar-refractivity contribution in [3.05, 3.63) is 40.2 Å². The van der Waals surface area contributed by atoms with Crippen molar-refractivity contribution in [2.75, 3.05) is 6.61 Å². The second-order valence-electron chi connectivity index (χ2n) is 3.35. The number of ether oxygens (including phenoxy) is 1. The van der Waals surface area contributed by atoms with E-state index in [1.165, 1.54) is 4.90 Å². The Hall–Kier alpha value is -0.530. The van der Waals surface area contributed by atoms with Gasteiger partial charge >= 0.3 is 0 Å². The van der Waals surface area contributed by atoms with E-state index in [9.17, 15) is 0 Å². The Bertz CT molecular complexity index is 473. The highest BCUT2D eigenvalue weighted by Gasteiger charge is 2.07. The van der Waals surface area contributed by atoms with Crippen LogP contribution in [-0.4, -0.2) is 16.2 Å². The maximum atomic E-state index is 5.42. The van der Waals surface area contributed by atoms with Gasteiger partial charge in [-0.15, -0.1) is 0 Å². The molecule has 0 amide bonds. The van der Waals surface area contributed by atoms with Crippen LogP contribution >= 0.6 is 34.4 Å². The number of imidazole rings is 1. The van der Waals surface area contributed by atoms with Crippen molar-refractivity contribution < 1.29 is 4.74 Å². The first-order valence-corrected chi connectivity index (χ1v) is 7.22. The first kappa shape index (κ1) is 12.9. The molecule has 0 fully saturated rings. The molecule has 1 aromatic heterocycles. The normalized spacial score (nSPS) is 10.7. The van der Waals surface area contributed by atoms with E-state index in [4.69, 9.17) is 4.74 Å². The molecule has 0 atom stereocenters. The summed E-state index contributed by atoms with van der Waals surface area (Å²) in [6, 6.07) is 10.2. The van der Waals surface area contributed by atoms with Crippen LogP contribution in [0.4, 0.5) is 0 Å². The Morgan fingerprint density at radius 3 is 2.82 bits per heavy atom. The number of halogens is 1. The summed E-state index contributed by atoms with van der Waals surface area (Å²) in [6.45, 7) is 3.26. The highest BCUT2D eigenvalue weighted by atomic mass is 127. The molecular weight excluding hydrogens is 347 g/mol. The predicted octanol–water partition coefficient (Wildman–Crippen LogP) is 3.63. The van der Waals surface area contributed by atoms with Crippen molar-refractivity contribution in [1.29, 1.82) is 0 Å². The van der Waals surface area contributed by atoms with Gasteiger partial charge in [-0.3, -0.25) is 0 Å². The van der Waals surface area contributed by atoms with Crippen molar-refractivity contribution in [2.24, 2.45) is 0 Å². The average molecular weight is 360 g/mol. The molecule has 5 heteroatoms. The summed E-state index contributed by atoms with van der Waals surface area (Å²) in [6.07, 6.45) is 2.00. The van der Waals surface area contributed by atoms with E-state index in [0.717, 1.165) is 8.86 Å². The first-order valence-electron chi connectivity index (χ1n) is 5.33. The van der Waals surface area contributed by atoms with E-state index in [-0.39, 0.29) is 0 Å². The number of rotatable bonds is 5. The summed E-state index contributed by atoms with van der Waals surface area (Å²) in [5.74, 6) is 0. The molecule has 2 rings (SSSR count). The van der Waals surface area contributed by atoms with Crippen LogP contribution in [0, 0.1) is 3.70 Å². The average Bonchev–Trinajstić information content (AvgIpc) is 2.68. The molecule has 0 aliphatic heterocycles. The van der Waals surface area contributed by atoms with Crippen molar-refractivity contribution in [3.63, 3.8) is 0 Å². The monoisotopic (exact) mass is 360 g/mol. The third kappa shape index (κ3) is 3.72. The third-order valence-electron chi connectivity index (χ3n) is 2.10. The quantitative estimate of drug-likeness (QED) is 0.762. The van der Waals surface area contributed by atoms with Crippen LogP contribution in [0.1, 0.15) is 6.92 Å². The van der Waals surface area contributed by atoms with Crippen LogP contribution < -0.4 is 0 Å². The molecule has 1 heterocycles. The highest BCUT2D eigenvalue weighted by Crippen LogP contribution is 2.27. The SMILES string of the molecule is CCOCn1cc(I)nc1Sc1ccccc1. The molecule has 17 heavy (non-hydrogen) atoms. The molecule has 0 radical (unpaired) electrons. The number of benzene rings is 1. The third-order valence-corrected chi connectivity index (χ3v) is 3.63. The molecule has 1 aromatic carbocycles. The summed E-state index contributed by atoms with van der Waals surface area (Å²) in [7, 11) is 0. The van der Waals surface area contributed by atoms with Gasteiger partial charge in [0.05, 0.1) is 0 Å². The largest absolute Gasteiger partial charge is 0.361 e. The second kappa shape index (κ2) is 6.42. The molecule has 0 spiro atoms. The molecule has 0 saturated heterocycles. The van der Waals surface area contributed by atoms with Gasteiger partial charge in [-0.25, -0.2) is 4.98 Å². The fourth-order valence-corrected chi connectivity index (χ4v) is 2.92. The van der Waals surface area contributed by atoms with Gasteiger partial charge in [0.25, 0.3) is 0 Å². The first-order chi connectivity index (χ1) is 8.29. The second-order valence-corrected chi connectivity index (χ2v) is 5.50. The van der Waals surface area contributed by atoms with E-state index in [2.05, 4.69) is 39.7 Å². The van der Waals surface area contributed by atoms with Crippen molar-refractivity contribution >= 4 is 34.4 Å². The Morgan fingerprint density at radius 2 is 2.12 bits per heavy atom. The van der Waals surface area contributed by atoms with Gasteiger partial charge in [-0.1, -0.05) is 30.0 Å². The zero-order chi connectivity index (χ0) is 12.1. The van der Waals surface area contributed by atoms with Crippen LogP contribution in [0.5, 0.6) is 0 Å². The molecule has 90 valence electrons. The minimum atomic E-state index is 0.557. The van der Waals surface area contributed by atoms with Gasteiger partial charge in [0.15, 0.2) is 5.16 Å². The summed E-state index contributed by atoms with van der Waals surface area (Å²) in [5.41, 5.74) is 0. The van der Waals surface area contributed by atoms with Crippen molar-refractivity contribution in [3.8, 4) is 0 Å². The summed E-state index contributed by atoms with van der Waals surface area (Å²) in [4.78, 5) is 5.68. The Kier molecular flexibility index (Phi) is 4.87. The van der Waals surface area contributed by atoms with E-state index in [1.807, 2.05) is 35.9 Å². The summed E-state index contributed by atoms with van der Waals surface area (Å²) >= 11 is 3.87. The molecule has 0 bridgehead atoms. The number of hydrogen-bond acceptors (Lipinski definition) is 3. The summed E-state index contributed by atoms with van der Waals surface area (Å²) in [5, 5.41) is 0.967. The van der Waals surface area contributed by atoms with Gasteiger partial charge in [0.1, 0.15) is 10.4 Å². The minimum Gasteiger partial charge on any atom is -0.361 e. The lowest BCUT2D eigenvalue weighted by Gasteiger charge is -2.06. The van der Waals surface area contributed by atoms with Crippen LogP contribution in [0.15, 0.2) is 46.6 Å². The van der Waals surface area contributed by atoms with E-state index in [0.29, 0.717) is 13.3 Å². The molecule has 0 aliphatic rings. The van der Waals surface area contributed by atoms with E-state index in [1.54, 1.807) is 11.8 Å². The Morgan fingerprint density at radius 1 is 1.35 bits per heavy atom. The van der Waals surface area contributed by atoms with Crippen LogP contribution in [0.25, 0.3) is 0 Å². The maximum absolute atomic E-state index is 5.42. The predicted molar refractivity (Wildman–Crippen MR) is 77.1 cm³/mol. The smallest absolute Gasteiger partial charge is 0.175 e. The number of aromatic nitrogens is 2. The van der Waals surface area contributed by atoms with Crippen LogP contribution in [0.3, 0.4) is 0 Å². The molecule has 0 aliphatic carbocycles. The molecule has 0 unspecified atom stereocenters. The number of hydrogen-bond donors (Lipinski definition) is 0. The topological polar surface area (TPSA) is 27.1 Å². The molecule has 2 aromatic rings. The lowest BCUT2D eigenvalue weighted by Crippen LogP contribution is -2.02. The van der Waals surface area contributed by atoms with Gasteiger partial charge in [-0.05, 0) is 41.6 Å². The summed E-state index contributed by atoms with van der Waals surface area (Å²) < 4.78 is 8.44. The highest BCUT2D eigenvalue weighted by molar-refractivity contribution is 14.1. The molecule has 0 saturated carbocycles. The Balaban J connectivity index is 2.14. The fourth-order valence-electron chi connectivity index (χ4n) is 1.33. The van der Waals surface area contributed by atoms with Gasteiger partial charge in [0, 0.05) is 17.7 Å². The molecule has 0 N–H and O–H groups in total. The standard InChI is InChI=1S/C12H13IN2OS/c1-2-16-9-15-8-11(13)14-12(15)17-10-6-4-3-5-7-10/h3-8H,2,9H2,1H3. The zero-order valence-corrected chi connectivity index (χ0v) is 12.4. The van der Waals surface area contributed by atoms with Gasteiger partial charge < -0.3 is 9.30 Å². The van der Waals surface area contributed by atoms with E-state index >= 15 is 0 Å². The van der Waals surface area contributed by atoms with Gasteiger partial charge in [-0.2, -0.15) is 0 Å².